The van der Waals surface area contributed by atoms with Crippen LogP contribution in [0.25, 0.3) is 0 Å². The Morgan fingerprint density at radius 3 is 1.33 bits per heavy atom. The molecule has 0 radical (unpaired) electrons. The molecule has 0 rings (SSSR count). The first-order valence-corrected chi connectivity index (χ1v) is 8.21. The van der Waals surface area contributed by atoms with E-state index in [1.807, 2.05) is 0 Å². The molecule has 0 aliphatic rings. The van der Waals surface area contributed by atoms with Gasteiger partial charge in [-0.15, -0.1) is 0 Å². The molecule has 0 aliphatic heterocycles. The van der Waals surface area contributed by atoms with Crippen molar-refractivity contribution in [1.29, 1.82) is 0 Å². The SMILES string of the molecule is CC(C)CCCCCN(C)CCCCCC(C)C. The van der Waals surface area contributed by atoms with Gasteiger partial charge in [-0.25, -0.2) is 0 Å². The summed E-state index contributed by atoms with van der Waals surface area (Å²) >= 11 is 0. The van der Waals surface area contributed by atoms with Gasteiger partial charge in [-0.1, -0.05) is 66.2 Å². The van der Waals surface area contributed by atoms with Gasteiger partial charge in [-0.3, -0.25) is 0 Å². The summed E-state index contributed by atoms with van der Waals surface area (Å²) < 4.78 is 0. The standard InChI is InChI=1S/C17H37N/c1-16(2)12-8-6-10-14-18(5)15-11-7-9-13-17(3)4/h16-17H,6-15H2,1-5H3. The molecule has 0 N–H and O–H groups in total. The van der Waals surface area contributed by atoms with E-state index in [1.165, 1.54) is 64.5 Å². The second-order valence-electron chi connectivity index (χ2n) is 6.79. The van der Waals surface area contributed by atoms with Crippen molar-refractivity contribution in [3.63, 3.8) is 0 Å². The molecule has 0 amide bonds. The van der Waals surface area contributed by atoms with E-state index in [-0.39, 0.29) is 0 Å². The van der Waals surface area contributed by atoms with E-state index in [1.54, 1.807) is 0 Å². The third-order valence-electron chi connectivity index (χ3n) is 3.64. The molecule has 110 valence electrons. The molecular formula is C17H37N. The van der Waals surface area contributed by atoms with Crippen molar-refractivity contribution < 1.29 is 0 Å². The largest absolute Gasteiger partial charge is 0.306 e. The van der Waals surface area contributed by atoms with Crippen LogP contribution in [0, 0.1) is 11.8 Å². The lowest BCUT2D eigenvalue weighted by Gasteiger charge is -2.16. The van der Waals surface area contributed by atoms with E-state index in [9.17, 15) is 0 Å². The van der Waals surface area contributed by atoms with Crippen LogP contribution in [0.4, 0.5) is 0 Å². The van der Waals surface area contributed by atoms with Crippen molar-refractivity contribution >= 4 is 0 Å². The molecule has 0 unspecified atom stereocenters. The van der Waals surface area contributed by atoms with Gasteiger partial charge in [0.05, 0.1) is 0 Å². The Hall–Kier alpha value is -0.0400. The highest BCUT2D eigenvalue weighted by Crippen LogP contribution is 2.10. The lowest BCUT2D eigenvalue weighted by atomic mass is 10.0. The molecule has 0 aromatic carbocycles. The topological polar surface area (TPSA) is 3.24 Å². The Bertz CT molecular complexity index is 145. The number of unbranched alkanes of at least 4 members (excludes halogenated alkanes) is 4. The van der Waals surface area contributed by atoms with Crippen LogP contribution in [-0.2, 0) is 0 Å². The smallest absolute Gasteiger partial charge is 0.00218 e. The highest BCUT2D eigenvalue weighted by molar-refractivity contribution is 4.55. The fourth-order valence-corrected chi connectivity index (χ4v) is 2.33. The fourth-order valence-electron chi connectivity index (χ4n) is 2.33. The molecule has 0 fully saturated rings. The van der Waals surface area contributed by atoms with Crippen LogP contribution in [0.3, 0.4) is 0 Å². The predicted molar refractivity (Wildman–Crippen MR) is 84.1 cm³/mol. The van der Waals surface area contributed by atoms with Gasteiger partial charge in [0.2, 0.25) is 0 Å². The van der Waals surface area contributed by atoms with Gasteiger partial charge < -0.3 is 4.90 Å². The van der Waals surface area contributed by atoms with Crippen molar-refractivity contribution in [2.24, 2.45) is 11.8 Å². The summed E-state index contributed by atoms with van der Waals surface area (Å²) in [6.07, 6.45) is 11.2. The zero-order valence-electron chi connectivity index (χ0n) is 13.7. The van der Waals surface area contributed by atoms with E-state index < -0.39 is 0 Å². The van der Waals surface area contributed by atoms with Gasteiger partial charge in [0.1, 0.15) is 0 Å². The number of hydrogen-bond acceptors (Lipinski definition) is 1. The molecule has 0 bridgehead atoms. The minimum atomic E-state index is 0.878. The van der Waals surface area contributed by atoms with Crippen LogP contribution >= 0.6 is 0 Å². The lowest BCUT2D eigenvalue weighted by Crippen LogP contribution is -2.20. The second-order valence-corrected chi connectivity index (χ2v) is 6.79. The van der Waals surface area contributed by atoms with Crippen molar-refractivity contribution in [3.8, 4) is 0 Å². The Morgan fingerprint density at radius 1 is 0.611 bits per heavy atom. The maximum Gasteiger partial charge on any atom is -0.00218 e. The molecule has 1 heteroatoms. The fraction of sp³-hybridized carbons (Fsp3) is 1.00. The molecular weight excluding hydrogens is 218 g/mol. The maximum absolute atomic E-state index is 2.52. The first-order valence-electron chi connectivity index (χ1n) is 8.21. The summed E-state index contributed by atoms with van der Waals surface area (Å²) in [6, 6.07) is 0. The molecule has 0 aromatic heterocycles. The Balaban J connectivity index is 3.19. The van der Waals surface area contributed by atoms with E-state index >= 15 is 0 Å². The maximum atomic E-state index is 2.52. The van der Waals surface area contributed by atoms with Gasteiger partial charge in [0.15, 0.2) is 0 Å². The molecule has 0 aromatic rings. The molecule has 1 nitrogen and oxygen atoms in total. The molecule has 18 heavy (non-hydrogen) atoms. The van der Waals surface area contributed by atoms with Crippen LogP contribution in [-0.4, -0.2) is 25.0 Å². The first kappa shape index (κ1) is 18.0. The van der Waals surface area contributed by atoms with E-state index in [0.29, 0.717) is 0 Å². The van der Waals surface area contributed by atoms with Gasteiger partial charge >= 0.3 is 0 Å². The van der Waals surface area contributed by atoms with Gasteiger partial charge in [-0.05, 0) is 44.8 Å². The molecule has 0 spiro atoms. The summed E-state index contributed by atoms with van der Waals surface area (Å²) in [4.78, 5) is 2.52. The minimum Gasteiger partial charge on any atom is -0.306 e. The predicted octanol–water partition coefficient (Wildman–Crippen LogP) is 5.35. The second kappa shape index (κ2) is 12.0. The highest BCUT2D eigenvalue weighted by Gasteiger charge is 2.00. The monoisotopic (exact) mass is 255 g/mol. The highest BCUT2D eigenvalue weighted by atomic mass is 15.1. The third-order valence-corrected chi connectivity index (χ3v) is 3.64. The van der Waals surface area contributed by atoms with Crippen LogP contribution < -0.4 is 0 Å². The summed E-state index contributed by atoms with van der Waals surface area (Å²) in [5.74, 6) is 1.76. The number of hydrogen-bond donors (Lipinski definition) is 0. The van der Waals surface area contributed by atoms with Crippen LogP contribution in [0.5, 0.6) is 0 Å². The minimum absolute atomic E-state index is 0.878. The zero-order chi connectivity index (χ0) is 13.8. The van der Waals surface area contributed by atoms with Crippen LogP contribution in [0.2, 0.25) is 0 Å². The van der Waals surface area contributed by atoms with Crippen LogP contribution in [0.1, 0.15) is 79.1 Å². The number of nitrogens with zero attached hydrogens (tertiary/aromatic N) is 1. The average molecular weight is 255 g/mol. The zero-order valence-corrected chi connectivity index (χ0v) is 13.7. The van der Waals surface area contributed by atoms with Crippen molar-refractivity contribution in [2.75, 3.05) is 20.1 Å². The molecule has 0 saturated heterocycles. The Kier molecular flexibility index (Phi) is 12.0. The van der Waals surface area contributed by atoms with E-state index in [4.69, 9.17) is 0 Å². The van der Waals surface area contributed by atoms with Crippen molar-refractivity contribution in [2.45, 2.75) is 79.1 Å². The van der Waals surface area contributed by atoms with Crippen LogP contribution in [0.15, 0.2) is 0 Å². The Labute approximate surface area is 116 Å². The molecule has 0 aliphatic carbocycles. The van der Waals surface area contributed by atoms with Gasteiger partial charge in [0.25, 0.3) is 0 Å². The van der Waals surface area contributed by atoms with E-state index in [2.05, 4.69) is 39.6 Å². The Morgan fingerprint density at radius 2 is 1.00 bits per heavy atom. The summed E-state index contributed by atoms with van der Waals surface area (Å²) in [5, 5.41) is 0. The summed E-state index contributed by atoms with van der Waals surface area (Å²) in [7, 11) is 2.28. The van der Waals surface area contributed by atoms with Gasteiger partial charge in [0, 0.05) is 0 Å². The summed E-state index contributed by atoms with van der Waals surface area (Å²) in [6.45, 7) is 11.9. The number of rotatable bonds is 12. The molecule has 0 atom stereocenters. The van der Waals surface area contributed by atoms with Gasteiger partial charge in [-0.2, -0.15) is 0 Å². The van der Waals surface area contributed by atoms with E-state index in [0.717, 1.165) is 11.8 Å². The third kappa shape index (κ3) is 14.0. The first-order chi connectivity index (χ1) is 8.52. The van der Waals surface area contributed by atoms with Crippen molar-refractivity contribution in [1.82, 2.24) is 4.90 Å². The van der Waals surface area contributed by atoms with Crippen molar-refractivity contribution in [3.05, 3.63) is 0 Å². The molecule has 0 heterocycles. The lowest BCUT2D eigenvalue weighted by molar-refractivity contribution is 0.312. The quantitative estimate of drug-likeness (QED) is 0.425. The summed E-state index contributed by atoms with van der Waals surface area (Å²) in [5.41, 5.74) is 0. The molecule has 0 saturated carbocycles. The normalized spacial score (nSPS) is 12.0. The average Bonchev–Trinajstić information content (AvgIpc) is 2.27.